The van der Waals surface area contributed by atoms with Crippen LogP contribution in [0.15, 0.2) is 24.3 Å². The van der Waals surface area contributed by atoms with Crippen molar-refractivity contribution < 1.29 is 4.79 Å². The summed E-state index contributed by atoms with van der Waals surface area (Å²) in [5.74, 6) is 0.536. The number of hydrogen-bond acceptors (Lipinski definition) is 2. The minimum atomic E-state index is 0. The fraction of sp³-hybridized carbons (Fsp3) is 0.500. The number of benzene rings is 1. The van der Waals surface area contributed by atoms with E-state index in [9.17, 15) is 4.79 Å². The van der Waals surface area contributed by atoms with E-state index in [-0.39, 0.29) is 24.4 Å². The monoisotopic (exact) mass is 266 g/mol. The van der Waals surface area contributed by atoms with E-state index in [1.165, 1.54) is 11.1 Å². The molecule has 18 heavy (non-hydrogen) atoms. The number of nitrogens with one attached hydrogen (secondary N) is 1. The Morgan fingerprint density at radius 2 is 2.06 bits per heavy atom. The van der Waals surface area contributed by atoms with Crippen LogP contribution in [0.25, 0.3) is 0 Å². The zero-order valence-corrected chi connectivity index (χ0v) is 11.4. The lowest BCUT2D eigenvalue weighted by molar-refractivity contribution is -0.139. The first-order valence-electron chi connectivity index (χ1n) is 6.36. The van der Waals surface area contributed by atoms with E-state index in [2.05, 4.69) is 36.5 Å². The van der Waals surface area contributed by atoms with Crippen LogP contribution in [0.2, 0.25) is 0 Å². The molecule has 1 amide bonds. The van der Waals surface area contributed by atoms with Gasteiger partial charge in [-0.05, 0) is 24.5 Å². The van der Waals surface area contributed by atoms with Gasteiger partial charge < -0.3 is 10.2 Å². The van der Waals surface area contributed by atoms with Gasteiger partial charge in [0.2, 0.25) is 5.91 Å². The molecule has 2 aliphatic rings. The lowest BCUT2D eigenvalue weighted by Crippen LogP contribution is -2.53. The topological polar surface area (TPSA) is 32.3 Å². The summed E-state index contributed by atoms with van der Waals surface area (Å²) in [6.07, 6.45) is 0.992. The number of fused-ring (bicyclic) bond motifs is 1. The van der Waals surface area contributed by atoms with Gasteiger partial charge in [0.15, 0.2) is 0 Å². The maximum Gasteiger partial charge on any atom is 0.228 e. The van der Waals surface area contributed by atoms with E-state index in [4.69, 9.17) is 0 Å². The molecule has 3 rings (SSSR count). The summed E-state index contributed by atoms with van der Waals surface area (Å²) in [6.45, 7) is 4.71. The standard InChI is InChI=1S/C14H18N2O.ClH/c1-10-13-5-3-2-4-11(13)6-7-16(10)14(17)12-8-15-9-12;/h2-5,10,12,15H,6-9H2,1H3;1H. The van der Waals surface area contributed by atoms with Crippen molar-refractivity contribution in [3.8, 4) is 0 Å². The minimum Gasteiger partial charge on any atom is -0.335 e. The Hall–Kier alpha value is -1.06. The van der Waals surface area contributed by atoms with Gasteiger partial charge in [0.05, 0.1) is 12.0 Å². The molecule has 1 unspecified atom stereocenters. The van der Waals surface area contributed by atoms with E-state index in [1.807, 2.05) is 4.90 Å². The van der Waals surface area contributed by atoms with E-state index >= 15 is 0 Å². The van der Waals surface area contributed by atoms with Crippen molar-refractivity contribution >= 4 is 18.3 Å². The number of hydrogen-bond donors (Lipinski definition) is 1. The molecule has 2 heterocycles. The lowest BCUT2D eigenvalue weighted by atomic mass is 9.91. The Balaban J connectivity index is 0.00000120. The molecule has 2 aliphatic heterocycles. The fourth-order valence-corrected chi connectivity index (χ4v) is 2.77. The molecule has 0 saturated carbocycles. The third kappa shape index (κ3) is 2.13. The van der Waals surface area contributed by atoms with Crippen molar-refractivity contribution in [3.05, 3.63) is 35.4 Å². The SMILES string of the molecule is CC1c2ccccc2CCN1C(=O)C1CNC1.Cl. The highest BCUT2D eigenvalue weighted by Crippen LogP contribution is 2.30. The molecule has 0 spiro atoms. The molecule has 4 heteroatoms. The van der Waals surface area contributed by atoms with Crippen molar-refractivity contribution in [2.24, 2.45) is 5.92 Å². The summed E-state index contributed by atoms with van der Waals surface area (Å²) in [6, 6.07) is 8.71. The van der Waals surface area contributed by atoms with Crippen LogP contribution >= 0.6 is 12.4 Å². The van der Waals surface area contributed by atoms with Gasteiger partial charge in [0.25, 0.3) is 0 Å². The molecule has 3 nitrogen and oxygen atoms in total. The van der Waals surface area contributed by atoms with Crippen LogP contribution in [-0.4, -0.2) is 30.4 Å². The molecule has 1 aromatic carbocycles. The van der Waals surface area contributed by atoms with Gasteiger partial charge in [-0.25, -0.2) is 0 Å². The minimum absolute atomic E-state index is 0. The maximum absolute atomic E-state index is 12.3. The Bertz CT molecular complexity index is 445. The first kappa shape index (κ1) is 13.4. The summed E-state index contributed by atoms with van der Waals surface area (Å²) in [5.41, 5.74) is 2.72. The van der Waals surface area contributed by atoms with Gasteiger partial charge in [-0.3, -0.25) is 4.79 Å². The van der Waals surface area contributed by atoms with E-state index < -0.39 is 0 Å². The van der Waals surface area contributed by atoms with Crippen molar-refractivity contribution in [2.75, 3.05) is 19.6 Å². The zero-order chi connectivity index (χ0) is 11.8. The molecular weight excluding hydrogens is 248 g/mol. The van der Waals surface area contributed by atoms with E-state index in [0.717, 1.165) is 26.1 Å². The molecule has 0 aliphatic carbocycles. The molecule has 1 saturated heterocycles. The third-order valence-corrected chi connectivity index (χ3v) is 4.01. The molecule has 1 fully saturated rings. The third-order valence-electron chi connectivity index (χ3n) is 4.01. The predicted octanol–water partition coefficient (Wildman–Crippen LogP) is 1.77. The fourth-order valence-electron chi connectivity index (χ4n) is 2.77. The van der Waals surface area contributed by atoms with Crippen LogP contribution in [0.4, 0.5) is 0 Å². The van der Waals surface area contributed by atoms with Crippen LogP contribution in [0.3, 0.4) is 0 Å². The maximum atomic E-state index is 12.3. The zero-order valence-electron chi connectivity index (χ0n) is 10.6. The molecule has 98 valence electrons. The second kappa shape index (κ2) is 5.29. The summed E-state index contributed by atoms with van der Waals surface area (Å²) in [7, 11) is 0. The number of amides is 1. The number of rotatable bonds is 1. The highest BCUT2D eigenvalue weighted by Gasteiger charge is 2.34. The van der Waals surface area contributed by atoms with Crippen LogP contribution in [0.5, 0.6) is 0 Å². The van der Waals surface area contributed by atoms with Crippen LogP contribution in [0.1, 0.15) is 24.1 Å². The van der Waals surface area contributed by atoms with Crippen molar-refractivity contribution in [1.82, 2.24) is 10.2 Å². The molecule has 0 bridgehead atoms. The van der Waals surface area contributed by atoms with E-state index in [0.29, 0.717) is 5.91 Å². The molecule has 1 atom stereocenters. The number of carbonyl (C=O) groups is 1. The predicted molar refractivity (Wildman–Crippen MR) is 73.9 cm³/mol. The second-order valence-electron chi connectivity index (χ2n) is 5.01. The molecule has 0 aromatic heterocycles. The molecule has 0 radical (unpaired) electrons. The Kier molecular flexibility index (Phi) is 3.93. The average molecular weight is 267 g/mol. The lowest BCUT2D eigenvalue weighted by Gasteiger charge is -2.39. The second-order valence-corrected chi connectivity index (χ2v) is 5.01. The summed E-state index contributed by atoms with van der Waals surface area (Å²) in [4.78, 5) is 14.3. The van der Waals surface area contributed by atoms with Crippen molar-refractivity contribution in [3.63, 3.8) is 0 Å². The highest BCUT2D eigenvalue weighted by molar-refractivity contribution is 5.85. The number of nitrogens with zero attached hydrogens (tertiary/aromatic N) is 1. The van der Waals surface area contributed by atoms with Crippen LogP contribution in [-0.2, 0) is 11.2 Å². The van der Waals surface area contributed by atoms with Crippen molar-refractivity contribution in [1.29, 1.82) is 0 Å². The Labute approximate surface area is 114 Å². The van der Waals surface area contributed by atoms with Gasteiger partial charge in [0.1, 0.15) is 0 Å². The van der Waals surface area contributed by atoms with Crippen LogP contribution < -0.4 is 5.32 Å². The molecular formula is C14H19ClN2O. The summed E-state index contributed by atoms with van der Waals surface area (Å²) in [5, 5.41) is 3.17. The first-order chi connectivity index (χ1) is 8.27. The summed E-state index contributed by atoms with van der Waals surface area (Å²) < 4.78 is 0. The molecule has 1 aromatic rings. The Morgan fingerprint density at radius 1 is 1.33 bits per heavy atom. The summed E-state index contributed by atoms with van der Waals surface area (Å²) >= 11 is 0. The first-order valence-corrected chi connectivity index (χ1v) is 6.36. The number of halogens is 1. The average Bonchev–Trinajstić information content (AvgIpc) is 2.27. The smallest absolute Gasteiger partial charge is 0.228 e. The largest absolute Gasteiger partial charge is 0.335 e. The van der Waals surface area contributed by atoms with Gasteiger partial charge >= 0.3 is 0 Å². The normalized spacial score (nSPS) is 22.7. The Morgan fingerprint density at radius 3 is 2.72 bits per heavy atom. The van der Waals surface area contributed by atoms with Gasteiger partial charge in [-0.15, -0.1) is 12.4 Å². The number of carbonyl (C=O) groups excluding carboxylic acids is 1. The highest BCUT2D eigenvalue weighted by atomic mass is 35.5. The van der Waals surface area contributed by atoms with Gasteiger partial charge in [-0.1, -0.05) is 24.3 Å². The van der Waals surface area contributed by atoms with Crippen molar-refractivity contribution in [2.45, 2.75) is 19.4 Å². The molecule has 1 N–H and O–H groups in total. The van der Waals surface area contributed by atoms with Gasteiger partial charge in [0, 0.05) is 19.6 Å². The van der Waals surface area contributed by atoms with Crippen LogP contribution in [0, 0.1) is 5.92 Å². The van der Waals surface area contributed by atoms with Gasteiger partial charge in [-0.2, -0.15) is 0 Å². The van der Waals surface area contributed by atoms with E-state index in [1.54, 1.807) is 0 Å². The quantitative estimate of drug-likeness (QED) is 0.840.